The highest BCUT2D eigenvalue weighted by Crippen LogP contribution is 2.42. The summed E-state index contributed by atoms with van der Waals surface area (Å²) < 4.78 is 1.91. The first-order valence-electron chi connectivity index (χ1n) is 7.94. The second kappa shape index (κ2) is 5.07. The van der Waals surface area contributed by atoms with Crippen molar-refractivity contribution in [2.75, 3.05) is 6.54 Å². The Kier molecular flexibility index (Phi) is 3.17. The van der Waals surface area contributed by atoms with E-state index in [2.05, 4.69) is 17.5 Å². The molecule has 1 aromatic heterocycles. The van der Waals surface area contributed by atoms with Crippen LogP contribution in [0, 0.1) is 0 Å². The molecule has 0 radical (unpaired) electrons. The number of para-hydroxylation sites is 1. The molecule has 4 nitrogen and oxygen atoms in total. The molecule has 2 aliphatic rings. The van der Waals surface area contributed by atoms with Gasteiger partial charge < -0.3 is 5.11 Å². The van der Waals surface area contributed by atoms with Crippen molar-refractivity contribution >= 4 is 16.8 Å². The first-order valence-corrected chi connectivity index (χ1v) is 7.94. The van der Waals surface area contributed by atoms with Crippen molar-refractivity contribution in [2.45, 2.75) is 38.0 Å². The normalized spacial score (nSPS) is 23.1. The molecule has 0 saturated carbocycles. The predicted molar refractivity (Wildman–Crippen MR) is 85.8 cm³/mol. The van der Waals surface area contributed by atoms with Crippen molar-refractivity contribution in [1.82, 2.24) is 9.47 Å². The highest BCUT2D eigenvalue weighted by molar-refractivity contribution is 5.96. The zero-order valence-corrected chi connectivity index (χ0v) is 12.5. The van der Waals surface area contributed by atoms with Gasteiger partial charge >= 0.3 is 0 Å². The smallest absolute Gasteiger partial charge is 0.231 e. The quantitative estimate of drug-likeness (QED) is 0.867. The number of hydrogen-bond acceptors (Lipinski definition) is 3. The molecule has 0 saturated heterocycles. The summed E-state index contributed by atoms with van der Waals surface area (Å²) in [4.78, 5) is 14.7. The van der Waals surface area contributed by atoms with Gasteiger partial charge in [-0.25, -0.2) is 0 Å². The lowest BCUT2D eigenvalue weighted by Gasteiger charge is -2.38. The molecule has 2 atom stereocenters. The molecule has 0 bridgehead atoms. The van der Waals surface area contributed by atoms with Gasteiger partial charge in [-0.15, -0.1) is 0 Å². The molecule has 1 N–H and O–H groups in total. The van der Waals surface area contributed by atoms with Gasteiger partial charge in [0.15, 0.2) is 0 Å². The van der Waals surface area contributed by atoms with E-state index in [0.29, 0.717) is 6.42 Å². The number of carbonyl (C=O) groups excluding carboxylic acids is 1. The summed E-state index contributed by atoms with van der Waals surface area (Å²) in [6, 6.07) is 8.25. The van der Waals surface area contributed by atoms with Crippen molar-refractivity contribution in [3.05, 3.63) is 48.2 Å². The number of rotatable bonds is 2. The van der Waals surface area contributed by atoms with Crippen LogP contribution in [-0.4, -0.2) is 33.3 Å². The fraction of sp³-hybridized carbons (Fsp3) is 0.389. The fourth-order valence-electron chi connectivity index (χ4n) is 4.07. The van der Waals surface area contributed by atoms with Crippen molar-refractivity contribution in [2.24, 2.45) is 0 Å². The van der Waals surface area contributed by atoms with Crippen LogP contribution in [0.5, 0.6) is 0 Å². The Bertz CT molecular complexity index is 762. The van der Waals surface area contributed by atoms with E-state index < -0.39 is 6.23 Å². The zero-order chi connectivity index (χ0) is 15.3. The van der Waals surface area contributed by atoms with Crippen molar-refractivity contribution in [1.29, 1.82) is 0 Å². The fourth-order valence-corrected chi connectivity index (χ4v) is 4.07. The topological polar surface area (TPSA) is 45.5 Å². The number of aromatic nitrogens is 1. The molecule has 2 aliphatic heterocycles. The Hall–Kier alpha value is -1.91. The van der Waals surface area contributed by atoms with Gasteiger partial charge in [0.2, 0.25) is 5.91 Å². The van der Waals surface area contributed by atoms with Crippen LogP contribution < -0.4 is 0 Å². The standard InChI is InChI=1S/C18H20N2O2/c1-2-16(21)19-11-10-13-12-6-3-4-7-14(12)20-17(22)9-5-8-15(19)18(13)20/h2-4,6-7,15-16,21H,1,5,8-11H2. The molecule has 3 heterocycles. The largest absolute Gasteiger partial charge is 0.375 e. The van der Waals surface area contributed by atoms with Crippen LogP contribution in [0.15, 0.2) is 36.9 Å². The Labute approximate surface area is 129 Å². The molecule has 2 aromatic rings. The van der Waals surface area contributed by atoms with Gasteiger partial charge in [0.25, 0.3) is 0 Å². The van der Waals surface area contributed by atoms with Crippen molar-refractivity contribution in [3.8, 4) is 0 Å². The summed E-state index contributed by atoms with van der Waals surface area (Å²) in [5.74, 6) is 0.176. The van der Waals surface area contributed by atoms with Crippen LogP contribution in [0.1, 0.15) is 41.4 Å². The Morgan fingerprint density at radius 1 is 1.32 bits per heavy atom. The number of aliphatic hydroxyl groups excluding tert-OH is 1. The van der Waals surface area contributed by atoms with E-state index in [1.54, 1.807) is 6.08 Å². The minimum absolute atomic E-state index is 0.0931. The monoisotopic (exact) mass is 296 g/mol. The summed E-state index contributed by atoms with van der Waals surface area (Å²) in [7, 11) is 0. The van der Waals surface area contributed by atoms with Crippen molar-refractivity contribution in [3.63, 3.8) is 0 Å². The van der Waals surface area contributed by atoms with Gasteiger partial charge in [-0.3, -0.25) is 14.3 Å². The van der Waals surface area contributed by atoms with Gasteiger partial charge in [-0.1, -0.05) is 24.8 Å². The third-order valence-corrected chi connectivity index (χ3v) is 5.02. The van der Waals surface area contributed by atoms with E-state index in [4.69, 9.17) is 0 Å². The van der Waals surface area contributed by atoms with Crippen LogP contribution in [-0.2, 0) is 6.42 Å². The molecule has 114 valence electrons. The third kappa shape index (κ3) is 1.81. The van der Waals surface area contributed by atoms with Gasteiger partial charge in [-0.2, -0.15) is 0 Å². The average Bonchev–Trinajstić information content (AvgIpc) is 2.78. The van der Waals surface area contributed by atoms with E-state index in [9.17, 15) is 9.90 Å². The first-order chi connectivity index (χ1) is 10.7. The van der Waals surface area contributed by atoms with E-state index in [0.717, 1.165) is 37.0 Å². The van der Waals surface area contributed by atoms with Gasteiger partial charge in [-0.05, 0) is 37.0 Å². The van der Waals surface area contributed by atoms with Gasteiger partial charge in [0, 0.05) is 24.0 Å². The lowest BCUT2D eigenvalue weighted by atomic mass is 9.94. The second-order valence-electron chi connectivity index (χ2n) is 6.16. The van der Waals surface area contributed by atoms with Crippen LogP contribution >= 0.6 is 0 Å². The Morgan fingerprint density at radius 2 is 2.14 bits per heavy atom. The van der Waals surface area contributed by atoms with Crippen LogP contribution in [0.4, 0.5) is 0 Å². The van der Waals surface area contributed by atoms with E-state index >= 15 is 0 Å². The molecule has 22 heavy (non-hydrogen) atoms. The van der Waals surface area contributed by atoms with E-state index in [1.165, 1.54) is 10.9 Å². The maximum Gasteiger partial charge on any atom is 0.231 e. The summed E-state index contributed by atoms with van der Waals surface area (Å²) in [5, 5.41) is 11.5. The molecule has 0 amide bonds. The predicted octanol–water partition coefficient (Wildman–Crippen LogP) is 2.87. The summed E-state index contributed by atoms with van der Waals surface area (Å²) in [6.45, 7) is 4.52. The number of nitrogens with zero attached hydrogens (tertiary/aromatic N) is 2. The Balaban J connectivity index is 1.99. The molecule has 4 heteroatoms. The number of benzene rings is 1. The summed E-state index contributed by atoms with van der Waals surface area (Å²) in [5.41, 5.74) is 3.39. The molecule has 2 unspecified atom stereocenters. The lowest BCUT2D eigenvalue weighted by molar-refractivity contribution is -0.000919. The number of hydrogen-bond donors (Lipinski definition) is 1. The molecular formula is C18H20N2O2. The minimum atomic E-state index is -0.655. The molecule has 0 spiro atoms. The highest BCUT2D eigenvalue weighted by Gasteiger charge is 2.37. The second-order valence-corrected chi connectivity index (χ2v) is 6.16. The zero-order valence-electron chi connectivity index (χ0n) is 12.5. The average molecular weight is 296 g/mol. The van der Waals surface area contributed by atoms with Crippen LogP contribution in [0.25, 0.3) is 10.9 Å². The van der Waals surface area contributed by atoms with E-state index in [-0.39, 0.29) is 11.9 Å². The molecular weight excluding hydrogens is 276 g/mol. The minimum Gasteiger partial charge on any atom is -0.375 e. The third-order valence-electron chi connectivity index (χ3n) is 5.02. The van der Waals surface area contributed by atoms with Crippen LogP contribution in [0.3, 0.4) is 0 Å². The molecule has 0 aliphatic carbocycles. The van der Waals surface area contributed by atoms with Crippen molar-refractivity contribution < 1.29 is 9.90 Å². The first kappa shape index (κ1) is 13.7. The van der Waals surface area contributed by atoms with Gasteiger partial charge in [0.05, 0.1) is 11.6 Å². The maximum absolute atomic E-state index is 12.6. The van der Waals surface area contributed by atoms with E-state index in [1.807, 2.05) is 22.8 Å². The molecule has 1 aromatic carbocycles. The number of fused-ring (bicyclic) bond motifs is 3. The Morgan fingerprint density at radius 3 is 2.95 bits per heavy atom. The summed E-state index contributed by atoms with van der Waals surface area (Å²) >= 11 is 0. The molecule has 4 rings (SSSR count). The highest BCUT2D eigenvalue weighted by atomic mass is 16.3. The maximum atomic E-state index is 12.6. The van der Waals surface area contributed by atoms with Crippen LogP contribution in [0.2, 0.25) is 0 Å². The molecule has 0 fully saturated rings. The SMILES string of the molecule is C=CC(O)N1CCc2c3n(c4ccccc24)C(=O)CCCC31. The lowest BCUT2D eigenvalue weighted by Crippen LogP contribution is -2.42. The summed E-state index contributed by atoms with van der Waals surface area (Å²) in [6.07, 6.45) is 4.11. The van der Waals surface area contributed by atoms with Gasteiger partial charge in [0.1, 0.15) is 6.23 Å². The number of aliphatic hydroxyl groups is 1. The number of carbonyl (C=O) groups is 1.